The molecule has 1 aliphatic carbocycles. The van der Waals surface area contributed by atoms with Crippen molar-refractivity contribution in [2.24, 2.45) is 0 Å². The molecule has 0 saturated heterocycles. The first kappa shape index (κ1) is 22.5. The normalized spacial score (nSPS) is 14.4. The summed E-state index contributed by atoms with van der Waals surface area (Å²) in [6, 6.07) is 13.4. The molecule has 2 atom stereocenters. The van der Waals surface area contributed by atoms with Crippen LogP contribution in [-0.2, 0) is 19.4 Å². The number of non-ortho nitro benzene ring substituents is 1. The summed E-state index contributed by atoms with van der Waals surface area (Å²) >= 11 is 0. The number of benzene rings is 2. The van der Waals surface area contributed by atoms with Crippen LogP contribution in [0, 0.1) is 10.1 Å². The molecule has 0 radical (unpaired) electrons. The fourth-order valence-electron chi connectivity index (χ4n) is 3.86. The summed E-state index contributed by atoms with van der Waals surface area (Å²) in [4.78, 5) is 22.8. The molecular formula is C24H24N2O7. The lowest BCUT2D eigenvalue weighted by Crippen LogP contribution is -2.41. The van der Waals surface area contributed by atoms with Gasteiger partial charge in [0, 0.05) is 12.1 Å². The first-order valence-electron chi connectivity index (χ1n) is 10.6. The van der Waals surface area contributed by atoms with E-state index in [1.165, 1.54) is 41.5 Å². The van der Waals surface area contributed by atoms with Gasteiger partial charge >= 0.3 is 0 Å². The van der Waals surface area contributed by atoms with Crippen molar-refractivity contribution in [2.45, 2.75) is 38.0 Å². The summed E-state index contributed by atoms with van der Waals surface area (Å²) in [5, 5.41) is 33.4. The Hall–Kier alpha value is -3.69. The highest BCUT2D eigenvalue weighted by atomic mass is 16.6. The molecule has 1 aliphatic rings. The van der Waals surface area contributed by atoms with Gasteiger partial charge < -0.3 is 24.7 Å². The highest BCUT2D eigenvalue weighted by Crippen LogP contribution is 2.27. The van der Waals surface area contributed by atoms with E-state index in [1.807, 2.05) is 12.1 Å². The lowest BCUT2D eigenvalue weighted by Gasteiger charge is -2.22. The van der Waals surface area contributed by atoms with Gasteiger partial charge in [-0.25, -0.2) is 0 Å². The number of nitro benzene ring substituents is 1. The number of hydrogen-bond donors (Lipinski definition) is 3. The van der Waals surface area contributed by atoms with E-state index in [2.05, 4.69) is 11.4 Å². The van der Waals surface area contributed by atoms with E-state index in [0.717, 1.165) is 25.0 Å². The number of fused-ring (bicyclic) bond motifs is 1. The number of aliphatic hydroxyl groups is 2. The van der Waals surface area contributed by atoms with Crippen LogP contribution >= 0.6 is 0 Å². The average molecular weight is 452 g/mol. The number of furan rings is 1. The Labute approximate surface area is 189 Å². The second kappa shape index (κ2) is 9.85. The van der Waals surface area contributed by atoms with Crippen LogP contribution < -0.4 is 10.1 Å². The third-order valence-electron chi connectivity index (χ3n) is 5.68. The molecule has 1 aromatic heterocycles. The number of amides is 1. The first-order chi connectivity index (χ1) is 15.9. The molecule has 1 heterocycles. The fourth-order valence-corrected chi connectivity index (χ4v) is 3.86. The molecule has 4 rings (SSSR count). The van der Waals surface area contributed by atoms with Crippen molar-refractivity contribution >= 4 is 11.6 Å². The maximum absolute atomic E-state index is 12.6. The molecule has 0 bridgehead atoms. The molecule has 172 valence electrons. The zero-order valence-corrected chi connectivity index (χ0v) is 17.8. The van der Waals surface area contributed by atoms with Gasteiger partial charge in [0.1, 0.15) is 24.2 Å². The van der Waals surface area contributed by atoms with Gasteiger partial charge in [-0.3, -0.25) is 14.9 Å². The first-order valence-corrected chi connectivity index (χ1v) is 10.6. The third-order valence-corrected chi connectivity index (χ3v) is 5.68. The topological polar surface area (TPSA) is 135 Å². The maximum atomic E-state index is 12.6. The average Bonchev–Trinajstić information content (AvgIpc) is 3.50. The predicted octanol–water partition coefficient (Wildman–Crippen LogP) is 3.08. The van der Waals surface area contributed by atoms with Crippen molar-refractivity contribution in [3.8, 4) is 5.75 Å². The summed E-state index contributed by atoms with van der Waals surface area (Å²) in [6.07, 6.45) is 2.04. The number of aliphatic hydroxyl groups excluding tert-OH is 2. The Bertz CT molecular complexity index is 1140. The molecule has 1 amide bonds. The summed E-state index contributed by atoms with van der Waals surface area (Å²) in [5.41, 5.74) is 2.85. The van der Waals surface area contributed by atoms with E-state index in [1.54, 1.807) is 6.07 Å². The van der Waals surface area contributed by atoms with Crippen LogP contribution in [-0.4, -0.2) is 33.7 Å². The third kappa shape index (κ3) is 5.21. The quantitative estimate of drug-likeness (QED) is 0.335. The van der Waals surface area contributed by atoms with Crippen LogP contribution in [0.25, 0.3) is 0 Å². The molecule has 0 aliphatic heterocycles. The monoisotopic (exact) mass is 452 g/mol. The second-order valence-electron chi connectivity index (χ2n) is 7.89. The number of nitrogens with one attached hydrogen (secondary N) is 1. The Kier molecular flexibility index (Phi) is 6.71. The minimum absolute atomic E-state index is 0.0110. The molecule has 9 heteroatoms. The van der Waals surface area contributed by atoms with Crippen molar-refractivity contribution in [3.05, 3.63) is 92.9 Å². The van der Waals surface area contributed by atoms with E-state index in [0.29, 0.717) is 11.3 Å². The molecule has 9 nitrogen and oxygen atoms in total. The molecule has 33 heavy (non-hydrogen) atoms. The van der Waals surface area contributed by atoms with Gasteiger partial charge in [-0.2, -0.15) is 0 Å². The van der Waals surface area contributed by atoms with E-state index in [9.17, 15) is 25.1 Å². The van der Waals surface area contributed by atoms with Crippen molar-refractivity contribution < 1.29 is 29.1 Å². The van der Waals surface area contributed by atoms with E-state index in [-0.39, 0.29) is 18.1 Å². The van der Waals surface area contributed by atoms with Gasteiger partial charge in [0.05, 0.1) is 17.6 Å². The number of aryl methyl sites for hydroxylation is 2. The number of nitro groups is 1. The molecule has 2 unspecified atom stereocenters. The van der Waals surface area contributed by atoms with Crippen molar-refractivity contribution in [3.63, 3.8) is 0 Å². The second-order valence-corrected chi connectivity index (χ2v) is 7.89. The minimum atomic E-state index is -1.27. The lowest BCUT2D eigenvalue weighted by molar-refractivity contribution is -0.384. The molecule has 0 spiro atoms. The van der Waals surface area contributed by atoms with E-state index in [4.69, 9.17) is 9.15 Å². The number of ether oxygens (including phenoxy) is 1. The molecule has 0 fully saturated rings. The summed E-state index contributed by atoms with van der Waals surface area (Å²) in [6.45, 7) is -0.389. The summed E-state index contributed by atoms with van der Waals surface area (Å²) < 4.78 is 11.3. The van der Waals surface area contributed by atoms with Gasteiger partial charge in [0.25, 0.3) is 11.6 Å². The number of hydrogen-bond acceptors (Lipinski definition) is 7. The SMILES string of the molecule is O=C(NC(CO)C(O)c1ccc([N+](=O)[O-])cc1)c1ccc(COc2ccc3c(c2)CCC3)o1. The summed E-state index contributed by atoms with van der Waals surface area (Å²) in [5.74, 6) is 0.595. The van der Waals surface area contributed by atoms with Crippen molar-refractivity contribution in [2.75, 3.05) is 6.61 Å². The Morgan fingerprint density at radius 3 is 2.61 bits per heavy atom. The maximum Gasteiger partial charge on any atom is 0.287 e. The van der Waals surface area contributed by atoms with Crippen LogP contribution in [0.1, 0.15) is 45.5 Å². The number of carbonyl (C=O) groups is 1. The molecule has 3 N–H and O–H groups in total. The zero-order valence-electron chi connectivity index (χ0n) is 17.8. The Morgan fingerprint density at radius 1 is 1.12 bits per heavy atom. The molecule has 2 aromatic carbocycles. The number of nitrogens with zero attached hydrogens (tertiary/aromatic N) is 1. The smallest absolute Gasteiger partial charge is 0.287 e. The zero-order chi connectivity index (χ0) is 23.4. The van der Waals surface area contributed by atoms with Crippen molar-refractivity contribution in [1.29, 1.82) is 0 Å². The van der Waals surface area contributed by atoms with Gasteiger partial charge in [-0.1, -0.05) is 6.07 Å². The van der Waals surface area contributed by atoms with Gasteiger partial charge in [0.2, 0.25) is 0 Å². The van der Waals surface area contributed by atoms with Crippen LogP contribution in [0.3, 0.4) is 0 Å². The van der Waals surface area contributed by atoms with Gasteiger partial charge in [0.15, 0.2) is 5.76 Å². The Morgan fingerprint density at radius 2 is 1.88 bits per heavy atom. The Balaban J connectivity index is 1.35. The highest BCUT2D eigenvalue weighted by Gasteiger charge is 2.24. The van der Waals surface area contributed by atoms with Gasteiger partial charge in [-0.05, 0) is 72.4 Å². The van der Waals surface area contributed by atoms with E-state index >= 15 is 0 Å². The van der Waals surface area contributed by atoms with Crippen molar-refractivity contribution in [1.82, 2.24) is 5.32 Å². The highest BCUT2D eigenvalue weighted by molar-refractivity contribution is 5.91. The van der Waals surface area contributed by atoms with Crippen LogP contribution in [0.5, 0.6) is 5.75 Å². The number of carbonyl (C=O) groups excluding carboxylic acids is 1. The minimum Gasteiger partial charge on any atom is -0.486 e. The van der Waals surface area contributed by atoms with Crippen LogP contribution in [0.15, 0.2) is 59.0 Å². The lowest BCUT2D eigenvalue weighted by atomic mass is 10.0. The predicted molar refractivity (Wildman–Crippen MR) is 118 cm³/mol. The fraction of sp³-hybridized carbons (Fsp3) is 0.292. The summed E-state index contributed by atoms with van der Waals surface area (Å²) in [7, 11) is 0. The number of rotatable bonds is 9. The largest absolute Gasteiger partial charge is 0.486 e. The van der Waals surface area contributed by atoms with E-state index < -0.39 is 29.6 Å². The van der Waals surface area contributed by atoms with Crippen LogP contribution in [0.2, 0.25) is 0 Å². The van der Waals surface area contributed by atoms with Crippen LogP contribution in [0.4, 0.5) is 5.69 Å². The molecular weight excluding hydrogens is 428 g/mol. The molecule has 3 aromatic rings. The van der Waals surface area contributed by atoms with Gasteiger partial charge in [-0.15, -0.1) is 0 Å². The standard InChI is InChI=1S/C24H24N2O7/c27-13-21(23(28)16-4-7-18(8-5-16)26(30)31)25-24(29)22-11-10-20(33-22)14-32-19-9-6-15-2-1-3-17(15)12-19/h4-12,21,23,27-28H,1-3,13-14H2,(H,25,29). The molecule has 0 saturated carbocycles.